The molecule has 0 radical (unpaired) electrons. The van der Waals surface area contributed by atoms with Gasteiger partial charge in [0.1, 0.15) is 5.82 Å². The van der Waals surface area contributed by atoms with Gasteiger partial charge in [0, 0.05) is 0 Å². The first-order chi connectivity index (χ1) is 6.24. The van der Waals surface area contributed by atoms with Crippen molar-refractivity contribution < 1.29 is 9.18 Å². The lowest BCUT2D eigenvalue weighted by atomic mass is 10.1. The average Bonchev–Trinajstić information content (AvgIpc) is 2.12. The molecular weight excluding hydrogens is 193 g/mol. The summed E-state index contributed by atoms with van der Waals surface area (Å²) in [4.78, 5) is 13.1. The third kappa shape index (κ3) is 2.98. The van der Waals surface area contributed by atoms with E-state index in [0.717, 1.165) is 5.56 Å². The van der Waals surface area contributed by atoms with Crippen molar-refractivity contribution in [1.82, 2.24) is 0 Å². The van der Waals surface area contributed by atoms with Gasteiger partial charge in [0.05, 0.1) is 11.6 Å². The normalized spacial score (nSPS) is 9.38. The summed E-state index contributed by atoms with van der Waals surface area (Å²) in [5, 5.41) is 0.0904. The molecule has 4 heteroatoms. The van der Waals surface area contributed by atoms with Gasteiger partial charge in [-0.2, -0.15) is 0 Å². The van der Waals surface area contributed by atoms with Gasteiger partial charge in [-0.25, -0.2) is 14.2 Å². The van der Waals surface area contributed by atoms with Gasteiger partial charge in [0.2, 0.25) is 6.08 Å². The topological polar surface area (TPSA) is 29.4 Å². The van der Waals surface area contributed by atoms with Crippen LogP contribution in [-0.2, 0) is 11.2 Å². The Labute approximate surface area is 80.1 Å². The van der Waals surface area contributed by atoms with Crippen LogP contribution in [0.4, 0.5) is 4.39 Å². The number of rotatable bonds is 3. The monoisotopic (exact) mass is 199 g/mol. The minimum Gasteiger partial charge on any atom is -0.211 e. The van der Waals surface area contributed by atoms with Gasteiger partial charge in [-0.05, 0) is 24.1 Å². The number of aliphatic imine (C=N–C) groups is 1. The zero-order valence-corrected chi connectivity index (χ0v) is 7.51. The molecule has 0 N–H and O–H groups in total. The first-order valence-electron chi connectivity index (χ1n) is 3.71. The molecule has 0 unspecified atom stereocenters. The van der Waals surface area contributed by atoms with Crippen LogP contribution in [0, 0.1) is 5.82 Å². The van der Waals surface area contributed by atoms with E-state index >= 15 is 0 Å². The third-order valence-corrected chi connectivity index (χ3v) is 1.85. The average molecular weight is 200 g/mol. The van der Waals surface area contributed by atoms with Crippen LogP contribution in [0.15, 0.2) is 23.2 Å². The Morgan fingerprint density at radius 2 is 2.31 bits per heavy atom. The van der Waals surface area contributed by atoms with E-state index in [1.807, 2.05) is 0 Å². The molecule has 0 aromatic heterocycles. The third-order valence-electron chi connectivity index (χ3n) is 1.56. The molecule has 0 atom stereocenters. The minimum absolute atomic E-state index is 0.0904. The van der Waals surface area contributed by atoms with Crippen LogP contribution in [0.3, 0.4) is 0 Å². The van der Waals surface area contributed by atoms with E-state index in [2.05, 4.69) is 4.99 Å². The summed E-state index contributed by atoms with van der Waals surface area (Å²) in [5.41, 5.74) is 0.852. The van der Waals surface area contributed by atoms with E-state index in [-0.39, 0.29) is 5.02 Å². The van der Waals surface area contributed by atoms with Gasteiger partial charge < -0.3 is 0 Å². The van der Waals surface area contributed by atoms with Crippen LogP contribution < -0.4 is 0 Å². The number of benzene rings is 1. The molecule has 13 heavy (non-hydrogen) atoms. The Hall–Kier alpha value is -1.18. The van der Waals surface area contributed by atoms with Crippen LogP contribution in [0.5, 0.6) is 0 Å². The molecule has 2 nitrogen and oxygen atoms in total. The van der Waals surface area contributed by atoms with Gasteiger partial charge in [-0.3, -0.25) is 0 Å². The molecule has 68 valence electrons. The Morgan fingerprint density at radius 1 is 1.54 bits per heavy atom. The molecule has 0 saturated heterocycles. The molecule has 0 spiro atoms. The number of hydrogen-bond acceptors (Lipinski definition) is 2. The van der Waals surface area contributed by atoms with Crippen molar-refractivity contribution in [2.75, 3.05) is 6.54 Å². The van der Waals surface area contributed by atoms with Gasteiger partial charge >= 0.3 is 0 Å². The molecule has 0 amide bonds. The Balaban J connectivity index is 2.68. The minimum atomic E-state index is -0.440. The first kappa shape index (κ1) is 9.90. The standard InChI is InChI=1S/C9H7ClFNO/c10-8-5-7(1-2-9(8)11)3-4-12-6-13/h1-2,5H,3-4H2. The smallest absolute Gasteiger partial charge is 0.211 e. The highest BCUT2D eigenvalue weighted by molar-refractivity contribution is 6.30. The summed E-state index contributed by atoms with van der Waals surface area (Å²) in [5.74, 6) is -0.440. The highest BCUT2D eigenvalue weighted by atomic mass is 35.5. The highest BCUT2D eigenvalue weighted by Gasteiger charge is 1.99. The van der Waals surface area contributed by atoms with Crippen molar-refractivity contribution in [3.63, 3.8) is 0 Å². The summed E-state index contributed by atoms with van der Waals surface area (Å²) in [6, 6.07) is 4.43. The Bertz CT molecular complexity index is 347. The molecule has 0 aliphatic rings. The fourth-order valence-electron chi connectivity index (χ4n) is 0.926. The van der Waals surface area contributed by atoms with Crippen molar-refractivity contribution in [3.8, 4) is 0 Å². The lowest BCUT2D eigenvalue weighted by Gasteiger charge is -1.98. The maximum atomic E-state index is 12.7. The maximum absolute atomic E-state index is 12.7. The summed E-state index contributed by atoms with van der Waals surface area (Å²) in [7, 11) is 0. The van der Waals surface area contributed by atoms with Crippen molar-refractivity contribution in [2.45, 2.75) is 6.42 Å². The summed E-state index contributed by atoms with van der Waals surface area (Å²) in [6.07, 6.45) is 2.00. The number of nitrogens with zero attached hydrogens (tertiary/aromatic N) is 1. The summed E-state index contributed by atoms with van der Waals surface area (Å²) in [6.45, 7) is 0.353. The second-order valence-corrected chi connectivity index (χ2v) is 2.88. The van der Waals surface area contributed by atoms with E-state index in [9.17, 15) is 9.18 Å². The molecule has 0 fully saturated rings. The largest absolute Gasteiger partial charge is 0.234 e. The molecule has 1 aromatic rings. The van der Waals surface area contributed by atoms with Gasteiger partial charge in [0.15, 0.2) is 0 Å². The van der Waals surface area contributed by atoms with Crippen LogP contribution in [0.25, 0.3) is 0 Å². The highest BCUT2D eigenvalue weighted by Crippen LogP contribution is 2.16. The Kier molecular flexibility index (Phi) is 3.62. The second kappa shape index (κ2) is 4.75. The van der Waals surface area contributed by atoms with Crippen molar-refractivity contribution in [3.05, 3.63) is 34.6 Å². The second-order valence-electron chi connectivity index (χ2n) is 2.47. The first-order valence-corrected chi connectivity index (χ1v) is 4.09. The summed E-state index contributed by atoms with van der Waals surface area (Å²) >= 11 is 5.54. The zero-order valence-electron chi connectivity index (χ0n) is 6.76. The molecule has 0 aliphatic carbocycles. The number of hydrogen-bond donors (Lipinski definition) is 0. The maximum Gasteiger partial charge on any atom is 0.234 e. The van der Waals surface area contributed by atoms with E-state index < -0.39 is 5.82 Å². The number of halogens is 2. The molecule has 0 heterocycles. The van der Waals surface area contributed by atoms with E-state index in [0.29, 0.717) is 13.0 Å². The van der Waals surface area contributed by atoms with Gasteiger partial charge in [-0.15, -0.1) is 0 Å². The molecular formula is C9H7ClFNO. The predicted molar refractivity (Wildman–Crippen MR) is 48.1 cm³/mol. The molecule has 1 aromatic carbocycles. The van der Waals surface area contributed by atoms with Crippen LogP contribution in [0.1, 0.15) is 5.56 Å². The predicted octanol–water partition coefficient (Wildman–Crippen LogP) is 2.36. The van der Waals surface area contributed by atoms with Crippen LogP contribution in [-0.4, -0.2) is 12.6 Å². The number of isocyanates is 1. The lowest BCUT2D eigenvalue weighted by molar-refractivity contribution is 0.563. The van der Waals surface area contributed by atoms with Gasteiger partial charge in [-0.1, -0.05) is 17.7 Å². The Morgan fingerprint density at radius 3 is 2.92 bits per heavy atom. The summed E-state index contributed by atoms with van der Waals surface area (Å²) < 4.78 is 12.7. The molecule has 0 saturated carbocycles. The molecule has 0 bridgehead atoms. The quantitative estimate of drug-likeness (QED) is 0.543. The van der Waals surface area contributed by atoms with Crippen molar-refractivity contribution >= 4 is 17.7 Å². The van der Waals surface area contributed by atoms with E-state index in [1.54, 1.807) is 6.07 Å². The van der Waals surface area contributed by atoms with Crippen molar-refractivity contribution in [1.29, 1.82) is 0 Å². The molecule has 0 aliphatic heterocycles. The van der Waals surface area contributed by atoms with Gasteiger partial charge in [0.25, 0.3) is 0 Å². The number of carbonyl (C=O) groups excluding carboxylic acids is 1. The van der Waals surface area contributed by atoms with Crippen molar-refractivity contribution in [2.24, 2.45) is 4.99 Å². The zero-order chi connectivity index (χ0) is 9.68. The van der Waals surface area contributed by atoms with E-state index in [4.69, 9.17) is 11.6 Å². The van der Waals surface area contributed by atoms with E-state index in [1.165, 1.54) is 18.2 Å². The lowest BCUT2D eigenvalue weighted by Crippen LogP contribution is -1.90. The molecule has 1 rings (SSSR count). The van der Waals surface area contributed by atoms with Crippen LogP contribution >= 0.6 is 11.6 Å². The fourth-order valence-corrected chi connectivity index (χ4v) is 1.13. The van der Waals surface area contributed by atoms with Crippen LogP contribution in [0.2, 0.25) is 5.02 Å². The SMILES string of the molecule is O=C=NCCc1ccc(F)c(Cl)c1. The fraction of sp³-hybridized carbons (Fsp3) is 0.222.